The fourth-order valence-electron chi connectivity index (χ4n) is 0.753. The quantitative estimate of drug-likeness (QED) is 0.499. The summed E-state index contributed by atoms with van der Waals surface area (Å²) in [6.07, 6.45) is 3.61. The van der Waals surface area contributed by atoms with Crippen LogP contribution in [0.4, 0.5) is 0 Å². The monoisotopic (exact) mass is 339 g/mol. The Balaban J connectivity index is 0. The van der Waals surface area contributed by atoms with E-state index < -0.39 is 0 Å². The summed E-state index contributed by atoms with van der Waals surface area (Å²) < 4.78 is 0. The second kappa shape index (κ2) is 12.3. The minimum Gasteiger partial charge on any atom is -0.392 e. The molecule has 0 fully saturated rings. The Morgan fingerprint density at radius 3 is 2.23 bits per heavy atom. The van der Waals surface area contributed by atoms with Crippen molar-refractivity contribution in [3.63, 3.8) is 0 Å². The first kappa shape index (κ1) is 15.7. The molecule has 13 heavy (non-hydrogen) atoms. The Kier molecular flexibility index (Phi) is 14.9. The molecule has 0 unspecified atom stereocenters. The normalized spacial score (nSPS) is 8.54. The van der Waals surface area contributed by atoms with Gasteiger partial charge in [0.25, 0.3) is 0 Å². The molecule has 1 aromatic rings. The Morgan fingerprint density at radius 1 is 1.23 bits per heavy atom. The third-order valence-electron chi connectivity index (χ3n) is 1.22. The van der Waals surface area contributed by atoms with Crippen LogP contribution in [0.2, 0.25) is 0 Å². The van der Waals surface area contributed by atoms with Crippen molar-refractivity contribution in [1.29, 1.82) is 0 Å². The zero-order chi connectivity index (χ0) is 9.23. The first-order chi connectivity index (χ1) is 5.93. The van der Waals surface area contributed by atoms with Crippen molar-refractivity contribution in [2.75, 3.05) is 6.61 Å². The van der Waals surface area contributed by atoms with Gasteiger partial charge in [0.1, 0.15) is 0 Å². The molecule has 1 N–H and O–H groups in total. The van der Waals surface area contributed by atoms with Gasteiger partial charge in [-0.05, 0) is 5.56 Å². The van der Waals surface area contributed by atoms with Crippen molar-refractivity contribution in [3.8, 4) is 0 Å². The molecule has 0 heterocycles. The number of aliphatic hydroxyl groups is 1. The summed E-state index contributed by atoms with van der Waals surface area (Å²) in [6, 6.07) is 9.89. The van der Waals surface area contributed by atoms with Gasteiger partial charge in [0, 0.05) is 19.5 Å². The fourth-order valence-corrected chi connectivity index (χ4v) is 0.753. The van der Waals surface area contributed by atoms with Gasteiger partial charge in [-0.2, -0.15) is 0 Å². The van der Waals surface area contributed by atoms with Crippen molar-refractivity contribution in [2.45, 2.75) is 0 Å². The van der Waals surface area contributed by atoms with E-state index in [1.54, 1.807) is 6.08 Å². The van der Waals surface area contributed by atoms with Gasteiger partial charge in [-0.1, -0.05) is 42.5 Å². The smallest absolute Gasteiger partial charge is 0.0615 e. The van der Waals surface area contributed by atoms with Crippen molar-refractivity contribution in [2.24, 2.45) is 0 Å². The molecule has 0 amide bonds. The molecule has 1 rings (SSSR count). The molecule has 3 heteroatoms. The zero-order valence-corrected chi connectivity index (χ0v) is 12.6. The van der Waals surface area contributed by atoms with E-state index in [0.717, 1.165) is 5.56 Å². The number of hydrogen-bond donors (Lipinski definition) is 1. The van der Waals surface area contributed by atoms with Crippen LogP contribution < -0.4 is 0 Å². The zero-order valence-electron chi connectivity index (χ0n) is 7.49. The van der Waals surface area contributed by atoms with Gasteiger partial charge >= 0.3 is 0 Å². The third kappa shape index (κ3) is 8.60. The van der Waals surface area contributed by atoms with Crippen LogP contribution in [0.3, 0.4) is 0 Å². The maximum absolute atomic E-state index is 8.44. The second-order valence-electron chi connectivity index (χ2n) is 2.00. The molecule has 0 radical (unpaired) electrons. The minimum absolute atomic E-state index is 0. The van der Waals surface area contributed by atoms with Crippen LogP contribution in [0.25, 0.3) is 6.08 Å². The van der Waals surface area contributed by atoms with Gasteiger partial charge in [0.05, 0.1) is 6.61 Å². The van der Waals surface area contributed by atoms with Crippen molar-refractivity contribution >= 4 is 28.7 Å². The minimum atomic E-state index is 0. The summed E-state index contributed by atoms with van der Waals surface area (Å²) in [6.45, 7) is 0.106. The fraction of sp³-hybridized carbons (Fsp3) is 0.100. The molecule has 0 spiro atoms. The molecule has 0 aliphatic rings. The number of aliphatic hydroxyl groups excluding tert-OH is 1. The predicted molar refractivity (Wildman–Crippen MR) is 61.9 cm³/mol. The van der Waals surface area contributed by atoms with Crippen LogP contribution in [-0.2, 0) is 19.5 Å². The van der Waals surface area contributed by atoms with E-state index in [-0.39, 0.29) is 26.1 Å². The van der Waals surface area contributed by atoms with E-state index in [4.69, 9.17) is 5.11 Å². The molecule has 0 saturated heterocycles. The van der Waals surface area contributed by atoms with Gasteiger partial charge < -0.3 is 27.7 Å². The number of benzene rings is 1. The first-order valence-corrected chi connectivity index (χ1v) is 5.05. The van der Waals surface area contributed by atoms with Crippen LogP contribution in [0.1, 0.15) is 5.56 Å². The summed E-state index contributed by atoms with van der Waals surface area (Å²) in [5.41, 5.74) is 1.12. The van der Waals surface area contributed by atoms with Crippen LogP contribution in [0, 0.1) is 4.93 Å². The van der Waals surface area contributed by atoms with Crippen molar-refractivity contribution < 1.29 is 24.6 Å². The van der Waals surface area contributed by atoms with Crippen molar-refractivity contribution in [1.82, 2.24) is 0 Å². The van der Waals surface area contributed by atoms with E-state index >= 15 is 0 Å². The van der Waals surface area contributed by atoms with E-state index in [0.29, 0.717) is 0 Å². The largest absolute Gasteiger partial charge is 0.392 e. The molecule has 1 aromatic carbocycles. The molecule has 0 saturated carbocycles. The maximum Gasteiger partial charge on any atom is 0.0615 e. The molecule has 0 aliphatic carbocycles. The molecule has 68 valence electrons. The first-order valence-electron chi connectivity index (χ1n) is 3.52. The Morgan fingerprint density at radius 2 is 1.77 bits per heavy atom. The molecule has 0 aliphatic heterocycles. The van der Waals surface area contributed by atoms with Crippen LogP contribution >= 0.6 is 22.6 Å². The molecular weight excluding hydrogens is 328 g/mol. The summed E-state index contributed by atoms with van der Waals surface area (Å²) >= 11 is 1.90. The standard InChI is InChI=1S/C9H10O.CH2I.Zn/c10-8-4-7-9-5-2-1-3-6-9;1-2;/h1-7,10H,8H2;1H2;/q;-1;/b7-4-;;. The van der Waals surface area contributed by atoms with Crippen LogP contribution in [0.15, 0.2) is 36.4 Å². The summed E-state index contributed by atoms with van der Waals surface area (Å²) in [4.78, 5) is 3.22. The number of halogens is 1. The Labute approximate surface area is 106 Å². The second-order valence-corrected chi connectivity index (χ2v) is 2.00. The van der Waals surface area contributed by atoms with Gasteiger partial charge in [-0.3, -0.25) is 4.93 Å². The SMILES string of the molecule is OC/C=C\c1ccccc1.[CH2-]I.[Zn]. The summed E-state index contributed by atoms with van der Waals surface area (Å²) in [5.74, 6) is 0. The molecular formula is C10H12IOZn-. The average Bonchev–Trinajstić information content (AvgIpc) is 2.19. The Bertz CT molecular complexity index is 211. The van der Waals surface area contributed by atoms with Gasteiger partial charge in [0.2, 0.25) is 0 Å². The predicted octanol–water partition coefficient (Wildman–Crippen LogP) is 2.90. The van der Waals surface area contributed by atoms with Crippen LogP contribution in [0.5, 0.6) is 0 Å². The third-order valence-corrected chi connectivity index (χ3v) is 1.22. The topological polar surface area (TPSA) is 20.2 Å². The van der Waals surface area contributed by atoms with E-state index in [1.165, 1.54) is 0 Å². The van der Waals surface area contributed by atoms with E-state index in [9.17, 15) is 0 Å². The molecule has 0 atom stereocenters. The molecule has 0 bridgehead atoms. The van der Waals surface area contributed by atoms with E-state index in [1.807, 2.05) is 59.0 Å². The van der Waals surface area contributed by atoms with Gasteiger partial charge in [-0.25, -0.2) is 0 Å². The van der Waals surface area contributed by atoms with E-state index in [2.05, 4.69) is 4.93 Å². The number of hydrogen-bond acceptors (Lipinski definition) is 1. The summed E-state index contributed by atoms with van der Waals surface area (Å²) in [7, 11) is 0. The van der Waals surface area contributed by atoms with Gasteiger partial charge in [0.15, 0.2) is 0 Å². The molecule has 0 aromatic heterocycles. The number of rotatable bonds is 2. The maximum atomic E-state index is 8.44. The Hall–Kier alpha value is 0.273. The van der Waals surface area contributed by atoms with Crippen molar-refractivity contribution in [3.05, 3.63) is 46.9 Å². The van der Waals surface area contributed by atoms with Gasteiger partial charge in [-0.15, -0.1) is 0 Å². The van der Waals surface area contributed by atoms with Crippen LogP contribution in [-0.4, -0.2) is 11.7 Å². The molecule has 1 nitrogen and oxygen atoms in total. The summed E-state index contributed by atoms with van der Waals surface area (Å²) in [5, 5.41) is 8.44. The average molecular weight is 340 g/mol.